The fourth-order valence-electron chi connectivity index (χ4n) is 15.9. The Kier molecular flexibility index (Phi) is 18.1. The van der Waals surface area contributed by atoms with Crippen molar-refractivity contribution in [1.82, 2.24) is 0 Å². The molecule has 0 aromatic heterocycles. The van der Waals surface area contributed by atoms with E-state index >= 15 is 0 Å². The summed E-state index contributed by atoms with van der Waals surface area (Å²) < 4.78 is 48.6. The lowest BCUT2D eigenvalue weighted by Crippen LogP contribution is -2.68. The van der Waals surface area contributed by atoms with Gasteiger partial charge in [0.05, 0.1) is 49.8 Å². The highest BCUT2D eigenvalue weighted by molar-refractivity contribution is 5.21. The molecular formula is C53H90O23. The summed E-state index contributed by atoms with van der Waals surface area (Å²) in [5, 5.41) is 162. The molecule has 4 aliphatic heterocycles. The molecule has 23 heteroatoms. The summed E-state index contributed by atoms with van der Waals surface area (Å²) >= 11 is 0. The molecule has 0 amide bonds. The lowest BCUT2D eigenvalue weighted by molar-refractivity contribution is -0.378. The largest absolute Gasteiger partial charge is 0.394 e. The summed E-state index contributed by atoms with van der Waals surface area (Å²) in [4.78, 5) is 0. The van der Waals surface area contributed by atoms with Crippen LogP contribution in [0, 0.1) is 45.3 Å². The van der Waals surface area contributed by atoms with E-state index in [1.54, 1.807) is 26.0 Å². The van der Waals surface area contributed by atoms with E-state index in [1.165, 1.54) is 0 Å². The van der Waals surface area contributed by atoms with Gasteiger partial charge in [-0.2, -0.15) is 0 Å². The lowest BCUT2D eigenvalue weighted by atomic mass is 9.35. The predicted molar refractivity (Wildman–Crippen MR) is 262 cm³/mol. The molecule has 76 heavy (non-hydrogen) atoms. The molecule has 8 fully saturated rings. The van der Waals surface area contributed by atoms with Crippen LogP contribution in [0.15, 0.2) is 12.2 Å². The van der Waals surface area contributed by atoms with Crippen LogP contribution in [0.25, 0.3) is 0 Å². The third-order valence-corrected chi connectivity index (χ3v) is 20.4. The van der Waals surface area contributed by atoms with E-state index in [2.05, 4.69) is 34.6 Å². The number of ether oxygens (including phenoxy) is 8. The van der Waals surface area contributed by atoms with Gasteiger partial charge in [-0.25, -0.2) is 0 Å². The van der Waals surface area contributed by atoms with Crippen molar-refractivity contribution in [3.63, 3.8) is 0 Å². The molecule has 0 aromatic rings. The minimum atomic E-state index is -1.82. The summed E-state index contributed by atoms with van der Waals surface area (Å²) in [6.07, 6.45) is -23.1. The van der Waals surface area contributed by atoms with Crippen LogP contribution in [0.1, 0.15) is 107 Å². The highest BCUT2D eigenvalue weighted by atomic mass is 16.8. The van der Waals surface area contributed by atoms with Gasteiger partial charge in [-0.3, -0.25) is 0 Å². The topological polar surface area (TPSA) is 377 Å². The van der Waals surface area contributed by atoms with Crippen LogP contribution in [0.4, 0.5) is 0 Å². The van der Waals surface area contributed by atoms with E-state index in [9.17, 15) is 76.6 Å². The Morgan fingerprint density at radius 1 is 0.566 bits per heavy atom. The zero-order valence-corrected chi connectivity index (χ0v) is 45.0. The maximum Gasteiger partial charge on any atom is 0.187 e. The molecule has 15 N–H and O–H groups in total. The van der Waals surface area contributed by atoms with Crippen molar-refractivity contribution in [1.29, 1.82) is 0 Å². The minimum absolute atomic E-state index is 0.0112. The number of rotatable bonds is 15. The van der Waals surface area contributed by atoms with Crippen LogP contribution in [0.2, 0.25) is 0 Å². The molecule has 0 bridgehead atoms. The second-order valence-corrected chi connectivity index (χ2v) is 25.7. The van der Waals surface area contributed by atoms with Gasteiger partial charge >= 0.3 is 0 Å². The smallest absolute Gasteiger partial charge is 0.187 e. The fraction of sp³-hybridized carbons (Fsp3) is 0.962. The van der Waals surface area contributed by atoms with Crippen LogP contribution in [0.3, 0.4) is 0 Å². The zero-order chi connectivity index (χ0) is 56.0. The monoisotopic (exact) mass is 1090 g/mol. The molecule has 440 valence electrons. The fourth-order valence-corrected chi connectivity index (χ4v) is 15.9. The minimum Gasteiger partial charge on any atom is -0.394 e. The van der Waals surface area contributed by atoms with E-state index < -0.39 is 171 Å². The average molecular weight is 1100 g/mol. The van der Waals surface area contributed by atoms with Crippen molar-refractivity contribution in [2.75, 3.05) is 26.4 Å². The van der Waals surface area contributed by atoms with Crippen molar-refractivity contribution in [2.45, 2.75) is 247 Å². The molecule has 8 aliphatic rings. The molecule has 4 saturated carbocycles. The van der Waals surface area contributed by atoms with E-state index in [1.807, 2.05) is 6.92 Å². The zero-order valence-electron chi connectivity index (χ0n) is 45.0. The van der Waals surface area contributed by atoms with Crippen molar-refractivity contribution in [3.8, 4) is 0 Å². The lowest BCUT2D eigenvalue weighted by Gasteiger charge is -2.71. The number of aliphatic hydroxyl groups is 15. The third kappa shape index (κ3) is 10.8. The van der Waals surface area contributed by atoms with Crippen molar-refractivity contribution in [3.05, 3.63) is 12.2 Å². The van der Waals surface area contributed by atoms with Gasteiger partial charge in [-0.15, -0.1) is 0 Å². The van der Waals surface area contributed by atoms with E-state index in [-0.39, 0.29) is 47.5 Å². The quantitative estimate of drug-likeness (QED) is 0.0591. The highest BCUT2D eigenvalue weighted by Gasteiger charge is 2.72. The van der Waals surface area contributed by atoms with Crippen molar-refractivity contribution < 1.29 is 114 Å². The van der Waals surface area contributed by atoms with E-state index in [0.29, 0.717) is 32.1 Å². The van der Waals surface area contributed by atoms with E-state index in [0.717, 1.165) is 12.8 Å². The maximum absolute atomic E-state index is 12.8. The third-order valence-electron chi connectivity index (χ3n) is 20.4. The molecule has 23 nitrogen and oxygen atoms in total. The molecule has 0 aromatic carbocycles. The number of hydrogen-bond donors (Lipinski definition) is 15. The molecule has 4 heterocycles. The Bertz CT molecular complexity index is 1980. The van der Waals surface area contributed by atoms with Gasteiger partial charge in [0.1, 0.15) is 91.6 Å². The molecule has 29 atom stereocenters. The standard InChI is InChI=1S/C53H90O23/c1-48(2,68)13-9-14-53(8,76-46-42(67)38(63)36(61)28(73-46)22-70-44-40(65)33(58)25(57)21-69-44)23-10-16-52(7)32(23)24(56)18-30-50(5)15-12-31(49(3,4)29(50)11-17-51(30,52)6)74-47-43(39(64)35(60)27(20-55)72-47)75-45-41(66)37(62)34(59)26(19-54)71-45/h9,13,23-47,54-68H,10-12,14-22H2,1-8H3/b13-9+/t23?,24-,25?,26?,27?,28?,29?,30?,31+,32?,33?,34?,35?,36?,37?,38?,39?,40?,41?,42?,43?,44?,45?,46?,47?,50+,51-,52-,53+/m1/s1. The van der Waals surface area contributed by atoms with Gasteiger partial charge in [-0.05, 0) is 117 Å². The maximum atomic E-state index is 12.8. The molecule has 4 saturated heterocycles. The summed E-state index contributed by atoms with van der Waals surface area (Å²) in [7, 11) is 0. The summed E-state index contributed by atoms with van der Waals surface area (Å²) in [5.41, 5.74) is -4.12. The van der Waals surface area contributed by atoms with Crippen LogP contribution in [-0.4, -0.2) is 243 Å². The Morgan fingerprint density at radius 3 is 1.76 bits per heavy atom. The SMILES string of the molecule is CC(C)(O)/C=C/C[C@](C)(OC1OC(COC2OCC(O)C(O)C2O)C(O)C(O)C1O)C1CC[C@]2(C)C1[C@H](O)CC1[C@@]3(C)CC[C@H](OC4OC(CO)C(O)C(O)C4OC4OC(CO)C(O)C(O)C4O)C(C)(C)C3CC[C@]12C. The molecule has 23 unspecified atom stereocenters. The van der Waals surface area contributed by atoms with Crippen LogP contribution < -0.4 is 0 Å². The number of fused-ring (bicyclic) bond motifs is 5. The molecule has 0 radical (unpaired) electrons. The Hall–Kier alpha value is -1.18. The molecule has 8 rings (SSSR count). The van der Waals surface area contributed by atoms with Crippen LogP contribution in [0.5, 0.6) is 0 Å². The predicted octanol–water partition coefficient (Wildman–Crippen LogP) is -2.59. The van der Waals surface area contributed by atoms with Gasteiger partial charge in [0.2, 0.25) is 0 Å². The van der Waals surface area contributed by atoms with Gasteiger partial charge in [0.15, 0.2) is 25.2 Å². The normalized spacial score (nSPS) is 52.6. The van der Waals surface area contributed by atoms with E-state index in [4.69, 9.17) is 37.9 Å². The Balaban J connectivity index is 1.02. The Morgan fingerprint density at radius 2 is 1.13 bits per heavy atom. The molecule has 4 aliphatic carbocycles. The van der Waals surface area contributed by atoms with Gasteiger partial charge in [-0.1, -0.05) is 46.8 Å². The van der Waals surface area contributed by atoms with Crippen molar-refractivity contribution in [2.24, 2.45) is 45.3 Å². The first-order valence-corrected chi connectivity index (χ1v) is 27.4. The first-order chi connectivity index (χ1) is 35.4. The summed E-state index contributed by atoms with van der Waals surface area (Å²) in [6, 6.07) is 0. The number of hydrogen-bond acceptors (Lipinski definition) is 23. The highest BCUT2D eigenvalue weighted by Crippen LogP contribution is 2.76. The second kappa shape index (κ2) is 22.5. The first kappa shape index (κ1) is 60.9. The number of aliphatic hydroxyl groups excluding tert-OH is 14. The molecular weight excluding hydrogens is 1000 g/mol. The second-order valence-electron chi connectivity index (χ2n) is 25.7. The average Bonchev–Trinajstić information content (AvgIpc) is 3.74. The Labute approximate surface area is 444 Å². The van der Waals surface area contributed by atoms with Gasteiger partial charge in [0.25, 0.3) is 0 Å². The summed E-state index contributed by atoms with van der Waals surface area (Å²) in [5.74, 6) is -0.666. The van der Waals surface area contributed by atoms with Gasteiger partial charge in [0, 0.05) is 0 Å². The van der Waals surface area contributed by atoms with Crippen molar-refractivity contribution >= 4 is 0 Å². The van der Waals surface area contributed by atoms with Gasteiger partial charge < -0.3 is 114 Å². The summed E-state index contributed by atoms with van der Waals surface area (Å²) in [6.45, 7) is 14.1. The molecule has 0 spiro atoms. The first-order valence-electron chi connectivity index (χ1n) is 27.4. The van der Waals surface area contributed by atoms with Crippen LogP contribution >= 0.6 is 0 Å². The van der Waals surface area contributed by atoms with Crippen LogP contribution in [-0.2, 0) is 37.9 Å².